The molecule has 0 amide bonds. The van der Waals surface area contributed by atoms with Crippen molar-refractivity contribution in [2.75, 3.05) is 37.8 Å². The number of anilines is 1. The van der Waals surface area contributed by atoms with Crippen LogP contribution < -0.4 is 9.64 Å². The minimum Gasteiger partial charge on any atom is -0.452 e. The molecule has 2 aromatic carbocycles. The van der Waals surface area contributed by atoms with Gasteiger partial charge in [-0.3, -0.25) is 10.1 Å². The van der Waals surface area contributed by atoms with Gasteiger partial charge in [-0.1, -0.05) is 0 Å². The van der Waals surface area contributed by atoms with Gasteiger partial charge in [0.15, 0.2) is 23.5 Å². The molecule has 10 nitrogen and oxygen atoms in total. The lowest BCUT2D eigenvalue weighted by Gasteiger charge is -2.30. The highest BCUT2D eigenvalue weighted by atomic mass is 19.1. The number of fused-ring (bicyclic) bond motifs is 1. The molecule has 1 aromatic heterocycles. The van der Waals surface area contributed by atoms with Gasteiger partial charge in [0.05, 0.1) is 47.2 Å². The molecule has 2 aliphatic rings. The zero-order chi connectivity index (χ0) is 26.6. The predicted octanol–water partition coefficient (Wildman–Crippen LogP) is 5.19. The summed E-state index contributed by atoms with van der Waals surface area (Å²) in [5, 5.41) is 24.8. The minimum atomic E-state index is -0.793. The highest BCUT2D eigenvalue weighted by Gasteiger charge is 2.23. The fourth-order valence-electron chi connectivity index (χ4n) is 4.15. The molecule has 2 aliphatic heterocycles. The van der Waals surface area contributed by atoms with Crippen molar-refractivity contribution in [1.29, 1.82) is 0 Å². The Kier molecular flexibility index (Phi) is 8.25. The molecule has 0 aliphatic carbocycles. The molecule has 1 unspecified atom stereocenters. The van der Waals surface area contributed by atoms with E-state index in [1.165, 1.54) is 12.1 Å². The third kappa shape index (κ3) is 6.94. The van der Waals surface area contributed by atoms with Crippen molar-refractivity contribution >= 4 is 22.3 Å². The van der Waals surface area contributed by atoms with Gasteiger partial charge in [0.25, 0.3) is 5.69 Å². The molecule has 0 spiro atoms. The van der Waals surface area contributed by atoms with E-state index >= 15 is 0 Å². The molecule has 2 saturated heterocycles. The Balaban J connectivity index is 0.000000586. The smallest absolute Gasteiger partial charge is 0.272 e. The number of benzene rings is 2. The molecule has 200 valence electrons. The highest BCUT2D eigenvalue weighted by molar-refractivity contribution is 5.86. The number of aliphatic hydroxyl groups is 1. The molecule has 5 rings (SSSR count). The standard InChI is InChI=1S/C22H23FN4O5.C4H10O/c23-17-12-16(27(28)29)4-5-20(17)32-21-11-15-14-24-26(22-3-1-2-8-31-22)18(15)13-19(21)25-6-9-30-10-7-25;1-4(2,3)5/h4-5,11-14,22H,1-3,6-10H2;5H,1-3H3. The summed E-state index contributed by atoms with van der Waals surface area (Å²) in [5.74, 6) is -0.415. The summed E-state index contributed by atoms with van der Waals surface area (Å²) >= 11 is 0. The third-order valence-corrected chi connectivity index (χ3v) is 5.80. The summed E-state index contributed by atoms with van der Waals surface area (Å²) in [7, 11) is 0. The second kappa shape index (κ2) is 11.4. The zero-order valence-electron chi connectivity index (χ0n) is 21.4. The third-order valence-electron chi connectivity index (χ3n) is 5.80. The largest absolute Gasteiger partial charge is 0.452 e. The van der Waals surface area contributed by atoms with Gasteiger partial charge < -0.3 is 24.2 Å². The number of rotatable bonds is 5. The maximum absolute atomic E-state index is 14.5. The Hall–Kier alpha value is -3.28. The van der Waals surface area contributed by atoms with E-state index in [9.17, 15) is 14.5 Å². The van der Waals surface area contributed by atoms with E-state index < -0.39 is 16.3 Å². The van der Waals surface area contributed by atoms with E-state index in [1.807, 2.05) is 16.8 Å². The van der Waals surface area contributed by atoms with Crippen molar-refractivity contribution in [1.82, 2.24) is 9.78 Å². The van der Waals surface area contributed by atoms with Gasteiger partial charge >= 0.3 is 0 Å². The summed E-state index contributed by atoms with van der Waals surface area (Å²) in [4.78, 5) is 12.4. The number of hydrogen-bond acceptors (Lipinski definition) is 8. The van der Waals surface area contributed by atoms with Crippen LogP contribution in [0.4, 0.5) is 15.8 Å². The Labute approximate surface area is 214 Å². The maximum Gasteiger partial charge on any atom is 0.272 e. The van der Waals surface area contributed by atoms with Gasteiger partial charge in [-0.05, 0) is 58.2 Å². The number of nitro groups is 1. The predicted molar refractivity (Wildman–Crippen MR) is 137 cm³/mol. The lowest BCUT2D eigenvalue weighted by molar-refractivity contribution is -0.385. The Morgan fingerprint density at radius 3 is 2.49 bits per heavy atom. The molecule has 1 atom stereocenters. The summed E-state index contributed by atoms with van der Waals surface area (Å²) in [6, 6.07) is 7.18. The van der Waals surface area contributed by atoms with Crippen molar-refractivity contribution < 1.29 is 28.6 Å². The quantitative estimate of drug-likeness (QED) is 0.364. The van der Waals surface area contributed by atoms with Crippen LogP contribution in [0.2, 0.25) is 0 Å². The first-order chi connectivity index (χ1) is 17.6. The van der Waals surface area contributed by atoms with E-state index in [4.69, 9.17) is 19.3 Å². The fraction of sp³-hybridized carbons (Fsp3) is 0.500. The molecule has 3 heterocycles. The second-order valence-corrected chi connectivity index (χ2v) is 10.0. The van der Waals surface area contributed by atoms with Crippen molar-refractivity contribution in [3.63, 3.8) is 0 Å². The number of aromatic nitrogens is 2. The number of ether oxygens (including phenoxy) is 3. The van der Waals surface area contributed by atoms with E-state index in [1.54, 1.807) is 27.0 Å². The van der Waals surface area contributed by atoms with Gasteiger partial charge in [-0.2, -0.15) is 5.10 Å². The van der Waals surface area contributed by atoms with Crippen molar-refractivity contribution in [3.05, 3.63) is 52.5 Å². The minimum absolute atomic E-state index is 0.0764. The van der Waals surface area contributed by atoms with Gasteiger partial charge in [-0.15, -0.1) is 0 Å². The SMILES string of the molecule is CC(C)(C)O.O=[N+]([O-])c1ccc(Oc2cc3cnn(C4CCCCO4)c3cc2N2CCOCC2)c(F)c1. The highest BCUT2D eigenvalue weighted by Crippen LogP contribution is 2.39. The van der Waals surface area contributed by atoms with Gasteiger partial charge in [-0.25, -0.2) is 9.07 Å². The van der Waals surface area contributed by atoms with Crippen LogP contribution in [-0.4, -0.2) is 58.3 Å². The molecule has 37 heavy (non-hydrogen) atoms. The van der Waals surface area contributed by atoms with E-state index in [-0.39, 0.29) is 17.7 Å². The van der Waals surface area contributed by atoms with Crippen LogP contribution >= 0.6 is 0 Å². The number of non-ortho nitro benzene ring substituents is 1. The van der Waals surface area contributed by atoms with Crippen molar-refractivity contribution in [3.8, 4) is 11.5 Å². The van der Waals surface area contributed by atoms with Crippen LogP contribution in [0.3, 0.4) is 0 Å². The van der Waals surface area contributed by atoms with Crippen LogP contribution in [0, 0.1) is 15.9 Å². The van der Waals surface area contributed by atoms with Crippen molar-refractivity contribution in [2.24, 2.45) is 0 Å². The topological polar surface area (TPSA) is 112 Å². The van der Waals surface area contributed by atoms with Crippen LogP contribution in [-0.2, 0) is 9.47 Å². The fourth-order valence-corrected chi connectivity index (χ4v) is 4.15. The van der Waals surface area contributed by atoms with Crippen LogP contribution in [0.25, 0.3) is 10.9 Å². The second-order valence-electron chi connectivity index (χ2n) is 10.0. The van der Waals surface area contributed by atoms with Gasteiger partial charge in [0, 0.05) is 31.1 Å². The lowest BCUT2D eigenvalue weighted by atomic mass is 10.1. The number of hydrogen-bond donors (Lipinski definition) is 1. The number of nitro benzene ring substituents is 1. The van der Waals surface area contributed by atoms with Crippen LogP contribution in [0.15, 0.2) is 36.5 Å². The lowest BCUT2D eigenvalue weighted by Crippen LogP contribution is -2.36. The van der Waals surface area contributed by atoms with Crippen LogP contribution in [0.1, 0.15) is 46.3 Å². The van der Waals surface area contributed by atoms with Crippen LogP contribution in [0.5, 0.6) is 11.5 Å². The number of halogens is 1. The summed E-state index contributed by atoms with van der Waals surface area (Å²) in [6.07, 6.45) is 4.67. The van der Waals surface area contributed by atoms with Crippen molar-refractivity contribution in [2.45, 2.75) is 51.9 Å². The number of nitrogens with zero attached hydrogens (tertiary/aromatic N) is 4. The zero-order valence-corrected chi connectivity index (χ0v) is 21.4. The van der Waals surface area contributed by atoms with E-state index in [2.05, 4.69) is 10.00 Å². The Bertz CT molecular complexity index is 1220. The normalized spacial score (nSPS) is 18.3. The first kappa shape index (κ1) is 26.8. The number of morpholine rings is 1. The first-order valence-electron chi connectivity index (χ1n) is 12.4. The molecule has 0 radical (unpaired) electrons. The molecule has 11 heteroatoms. The Morgan fingerprint density at radius 1 is 1.14 bits per heavy atom. The average Bonchev–Trinajstić information content (AvgIpc) is 3.27. The maximum atomic E-state index is 14.5. The molecule has 3 aromatic rings. The summed E-state index contributed by atoms with van der Waals surface area (Å²) < 4.78 is 33.8. The molecule has 0 bridgehead atoms. The Morgan fingerprint density at radius 2 is 1.86 bits per heavy atom. The molecular weight excluding hydrogens is 483 g/mol. The molecule has 2 fully saturated rings. The average molecular weight is 517 g/mol. The summed E-state index contributed by atoms with van der Waals surface area (Å²) in [5.41, 5.74) is 0.874. The first-order valence-corrected chi connectivity index (χ1v) is 12.4. The molecule has 0 saturated carbocycles. The monoisotopic (exact) mass is 516 g/mol. The van der Waals surface area contributed by atoms with Gasteiger partial charge in [0.2, 0.25) is 0 Å². The molecular formula is C26H33FN4O6. The molecule has 1 N–H and O–H groups in total. The van der Waals surface area contributed by atoms with Gasteiger partial charge in [0.1, 0.15) is 0 Å². The van der Waals surface area contributed by atoms with E-state index in [0.717, 1.165) is 41.9 Å². The summed E-state index contributed by atoms with van der Waals surface area (Å²) in [6.45, 7) is 8.43. The van der Waals surface area contributed by atoms with E-state index in [0.29, 0.717) is 38.7 Å².